The van der Waals surface area contributed by atoms with Gasteiger partial charge < -0.3 is 14.4 Å². The molecule has 1 saturated heterocycles. The lowest BCUT2D eigenvalue weighted by atomic mass is 9.90. The third-order valence-electron chi connectivity index (χ3n) is 4.48. The van der Waals surface area contributed by atoms with Crippen molar-refractivity contribution in [1.29, 1.82) is 0 Å². The number of H-pyrrole nitrogens is 1. The molecule has 1 aromatic carbocycles. The number of nitrogens with zero attached hydrogens (tertiary/aromatic N) is 1. The lowest BCUT2D eigenvalue weighted by Gasteiger charge is -2.29. The largest absolute Gasteiger partial charge is 0.383 e. The third-order valence-corrected chi connectivity index (χ3v) is 4.48. The van der Waals surface area contributed by atoms with Gasteiger partial charge in [-0.25, -0.2) is 0 Å². The lowest BCUT2D eigenvalue weighted by molar-refractivity contribution is 0.280. The molecule has 2 aromatic heterocycles. The van der Waals surface area contributed by atoms with Crippen molar-refractivity contribution in [3.63, 3.8) is 0 Å². The highest BCUT2D eigenvalue weighted by Gasteiger charge is 2.25. The van der Waals surface area contributed by atoms with E-state index in [4.69, 9.17) is 4.52 Å². The number of aromatic nitrogens is 2. The molecule has 1 aliphatic rings. The maximum absolute atomic E-state index is 11.2. The van der Waals surface area contributed by atoms with Crippen molar-refractivity contribution in [2.24, 2.45) is 0 Å². The van der Waals surface area contributed by atoms with Gasteiger partial charge in [-0.1, -0.05) is 24.3 Å². The molecule has 22 heavy (non-hydrogen) atoms. The first-order valence-corrected chi connectivity index (χ1v) is 7.74. The molecule has 3 heterocycles. The fourth-order valence-electron chi connectivity index (χ4n) is 3.40. The summed E-state index contributed by atoms with van der Waals surface area (Å²) in [7, 11) is 0. The monoisotopic (exact) mass is 297 g/mol. The van der Waals surface area contributed by atoms with E-state index in [0.29, 0.717) is 12.0 Å². The van der Waals surface area contributed by atoms with Gasteiger partial charge in [0.15, 0.2) is 0 Å². The van der Waals surface area contributed by atoms with Crippen molar-refractivity contribution < 1.29 is 4.52 Å². The van der Waals surface area contributed by atoms with Gasteiger partial charge in [-0.2, -0.15) is 5.16 Å². The van der Waals surface area contributed by atoms with Crippen LogP contribution < -0.4 is 10.9 Å². The molecule has 2 atom stereocenters. The molecule has 2 N–H and O–H groups in total. The van der Waals surface area contributed by atoms with Crippen molar-refractivity contribution in [1.82, 2.24) is 15.0 Å². The van der Waals surface area contributed by atoms with Crippen molar-refractivity contribution in [3.8, 4) is 0 Å². The van der Waals surface area contributed by atoms with Crippen molar-refractivity contribution in [2.75, 3.05) is 6.54 Å². The number of aromatic amines is 1. The second-order valence-electron chi connectivity index (χ2n) is 6.07. The average molecular weight is 297 g/mol. The summed E-state index contributed by atoms with van der Waals surface area (Å²) in [6, 6.07) is 10.4. The molecular weight excluding hydrogens is 278 g/mol. The fourth-order valence-corrected chi connectivity index (χ4v) is 3.40. The van der Waals surface area contributed by atoms with Gasteiger partial charge in [0.2, 0.25) is 0 Å². The maximum Gasteiger partial charge on any atom is 0.280 e. The van der Waals surface area contributed by atoms with Gasteiger partial charge in [-0.3, -0.25) is 4.79 Å². The number of hydrogen-bond acceptors (Lipinski definition) is 3. The van der Waals surface area contributed by atoms with Gasteiger partial charge in [-0.05, 0) is 30.2 Å². The van der Waals surface area contributed by atoms with Gasteiger partial charge in [0.05, 0.1) is 0 Å². The Kier molecular flexibility index (Phi) is 3.35. The molecule has 0 spiro atoms. The Morgan fingerprint density at radius 2 is 2.00 bits per heavy atom. The molecule has 0 saturated carbocycles. The smallest absolute Gasteiger partial charge is 0.280 e. The van der Waals surface area contributed by atoms with E-state index in [-0.39, 0.29) is 5.56 Å². The summed E-state index contributed by atoms with van der Waals surface area (Å²) < 4.78 is 7.53. The predicted molar refractivity (Wildman–Crippen MR) is 85.0 cm³/mol. The first-order chi connectivity index (χ1) is 10.8. The Hall–Kier alpha value is -2.27. The van der Waals surface area contributed by atoms with Gasteiger partial charge >= 0.3 is 0 Å². The van der Waals surface area contributed by atoms with Crippen LogP contribution in [-0.2, 0) is 6.54 Å². The van der Waals surface area contributed by atoms with Crippen LogP contribution in [0, 0.1) is 0 Å². The molecule has 0 unspecified atom stereocenters. The van der Waals surface area contributed by atoms with Gasteiger partial charge in [0, 0.05) is 37.0 Å². The number of piperidine rings is 1. The zero-order chi connectivity index (χ0) is 14.9. The molecule has 5 heteroatoms. The van der Waals surface area contributed by atoms with E-state index in [1.807, 2.05) is 0 Å². The van der Waals surface area contributed by atoms with E-state index < -0.39 is 0 Å². The Morgan fingerprint density at radius 3 is 2.68 bits per heavy atom. The molecular formula is C17H19N3O2. The van der Waals surface area contributed by atoms with E-state index in [9.17, 15) is 4.79 Å². The SMILES string of the molecule is O=c1cc([C@H]2CCN[C@H](Cn3cc4ccccc4c3)C2)o[nH]1. The van der Waals surface area contributed by atoms with Gasteiger partial charge in [-0.15, -0.1) is 0 Å². The normalized spacial score (nSPS) is 22.2. The van der Waals surface area contributed by atoms with E-state index >= 15 is 0 Å². The standard InChI is InChI=1S/C17H19N3O2/c21-17-8-16(22-19-17)12-5-6-18-15(7-12)11-20-9-13-3-1-2-4-14(13)10-20/h1-4,8-10,12,15,18H,5-7,11H2,(H,19,21)/t12-,15-/m0/s1. The molecule has 1 fully saturated rings. The third kappa shape index (κ3) is 2.60. The predicted octanol–water partition coefficient (Wildman–Crippen LogP) is 2.46. The topological polar surface area (TPSA) is 63.0 Å². The molecule has 0 aliphatic carbocycles. The van der Waals surface area contributed by atoms with Crippen molar-refractivity contribution in [2.45, 2.75) is 31.3 Å². The number of rotatable bonds is 3. The molecule has 0 amide bonds. The molecule has 0 radical (unpaired) electrons. The van der Waals surface area contributed by atoms with Crippen LogP contribution >= 0.6 is 0 Å². The van der Waals surface area contributed by atoms with E-state index in [1.165, 1.54) is 10.8 Å². The van der Waals surface area contributed by atoms with E-state index in [0.717, 1.165) is 31.7 Å². The summed E-state index contributed by atoms with van der Waals surface area (Å²) in [5.41, 5.74) is -0.151. The van der Waals surface area contributed by atoms with Crippen LogP contribution in [-0.4, -0.2) is 22.3 Å². The molecule has 1 aliphatic heterocycles. The van der Waals surface area contributed by atoms with Gasteiger partial charge in [0.25, 0.3) is 5.56 Å². The van der Waals surface area contributed by atoms with Gasteiger partial charge in [0.1, 0.15) is 5.76 Å². The Labute approximate surface area is 127 Å². The summed E-state index contributed by atoms with van der Waals surface area (Å²) in [6.45, 7) is 1.88. The van der Waals surface area contributed by atoms with E-state index in [2.05, 4.69) is 51.7 Å². The average Bonchev–Trinajstić information content (AvgIpc) is 3.13. The van der Waals surface area contributed by atoms with Crippen LogP contribution in [0.1, 0.15) is 24.5 Å². The van der Waals surface area contributed by atoms with Crippen LogP contribution in [0.25, 0.3) is 10.8 Å². The zero-order valence-corrected chi connectivity index (χ0v) is 12.3. The molecule has 0 bridgehead atoms. The lowest BCUT2D eigenvalue weighted by Crippen LogP contribution is -2.39. The first kappa shape index (κ1) is 13.4. The van der Waals surface area contributed by atoms with E-state index in [1.54, 1.807) is 6.07 Å². The summed E-state index contributed by atoms with van der Waals surface area (Å²) in [4.78, 5) is 11.2. The zero-order valence-electron chi connectivity index (χ0n) is 12.3. The van der Waals surface area contributed by atoms with Crippen LogP contribution in [0.15, 0.2) is 52.0 Å². The van der Waals surface area contributed by atoms with Crippen LogP contribution in [0.3, 0.4) is 0 Å². The number of fused-ring (bicyclic) bond motifs is 1. The second-order valence-corrected chi connectivity index (χ2v) is 6.07. The minimum atomic E-state index is -0.151. The quantitative estimate of drug-likeness (QED) is 0.780. The highest BCUT2D eigenvalue weighted by molar-refractivity contribution is 5.82. The summed E-state index contributed by atoms with van der Waals surface area (Å²) in [5, 5.41) is 8.50. The summed E-state index contributed by atoms with van der Waals surface area (Å²) >= 11 is 0. The van der Waals surface area contributed by atoms with Crippen LogP contribution in [0.5, 0.6) is 0 Å². The minimum Gasteiger partial charge on any atom is -0.383 e. The van der Waals surface area contributed by atoms with Crippen molar-refractivity contribution >= 4 is 10.8 Å². The second kappa shape index (κ2) is 5.50. The molecule has 3 aromatic rings. The highest BCUT2D eigenvalue weighted by atomic mass is 16.5. The summed E-state index contributed by atoms with van der Waals surface area (Å²) in [5.74, 6) is 1.10. The Bertz CT molecular complexity index is 796. The Morgan fingerprint density at radius 1 is 1.23 bits per heavy atom. The number of nitrogens with one attached hydrogen (secondary N) is 2. The van der Waals surface area contributed by atoms with Crippen LogP contribution in [0.4, 0.5) is 0 Å². The molecule has 114 valence electrons. The van der Waals surface area contributed by atoms with Crippen molar-refractivity contribution in [3.05, 3.63) is 58.8 Å². The molecule has 5 nitrogen and oxygen atoms in total. The highest BCUT2D eigenvalue weighted by Crippen LogP contribution is 2.27. The number of hydrogen-bond donors (Lipinski definition) is 2. The number of benzene rings is 1. The fraction of sp³-hybridized carbons (Fsp3) is 0.353. The minimum absolute atomic E-state index is 0.151. The Balaban J connectivity index is 1.49. The molecule has 4 rings (SSSR count). The first-order valence-electron chi connectivity index (χ1n) is 7.74. The summed E-state index contributed by atoms with van der Waals surface area (Å²) in [6.07, 6.45) is 6.37. The maximum atomic E-state index is 11.2. The van der Waals surface area contributed by atoms with Crippen LogP contribution in [0.2, 0.25) is 0 Å².